The maximum Gasteiger partial charge on any atom is 0.337 e. The second-order valence-electron chi connectivity index (χ2n) is 30.3. The number of carboxylic acid groups (broad SMARTS) is 6. The maximum atomic E-state index is 12.1. The van der Waals surface area contributed by atoms with E-state index in [1.54, 1.807) is 153 Å². The first-order chi connectivity index (χ1) is 63.6. The molecule has 12 rings (SSSR count). The number of amides is 6. The molecule has 0 aromatic heterocycles. The zero-order valence-corrected chi connectivity index (χ0v) is 73.2. The average Bonchev–Trinajstić information content (AvgIpc) is 0.832. The van der Waals surface area contributed by atoms with Gasteiger partial charge in [0.2, 0.25) is 35.4 Å². The van der Waals surface area contributed by atoms with Crippen molar-refractivity contribution in [1.29, 1.82) is 0 Å². The van der Waals surface area contributed by atoms with Gasteiger partial charge in [0.1, 0.15) is 17.2 Å². The number of phenols is 9. The number of aromatic carboxylic acids is 6. The number of para-hydroxylation sites is 2. The van der Waals surface area contributed by atoms with Gasteiger partial charge in [-0.2, -0.15) is 0 Å². The fourth-order valence-corrected chi connectivity index (χ4v) is 12.5. The Labute approximate surface area is 768 Å². The van der Waals surface area contributed by atoms with Crippen LogP contribution in [-0.2, 0) is 67.3 Å². The predicted molar refractivity (Wildman–Crippen MR) is 499 cm³/mol. The minimum atomic E-state index is -1.22. The van der Waals surface area contributed by atoms with Gasteiger partial charge in [-0.05, 0) is 251 Å². The van der Waals surface area contributed by atoms with E-state index < -0.39 is 41.7 Å². The van der Waals surface area contributed by atoms with E-state index in [0.717, 1.165) is 39.4 Å². The Morgan fingerprint density at radius 3 is 0.724 bits per heavy atom. The van der Waals surface area contributed by atoms with Crippen LogP contribution in [0.25, 0.3) is 0 Å². The van der Waals surface area contributed by atoms with Crippen molar-refractivity contribution in [2.75, 3.05) is 31.9 Å². The maximum absolute atomic E-state index is 12.1. The topological polar surface area (TPSA) is 580 Å². The third kappa shape index (κ3) is 34.6. The van der Waals surface area contributed by atoms with Crippen molar-refractivity contribution in [2.24, 2.45) is 0 Å². The van der Waals surface area contributed by atoms with E-state index in [1.807, 2.05) is 26.0 Å². The molecule has 0 aliphatic carbocycles. The Balaban J connectivity index is 0.000000219. The Morgan fingerprint density at radius 1 is 0.201 bits per heavy atom. The molecule has 12 aromatic rings. The van der Waals surface area contributed by atoms with Gasteiger partial charge in [0.15, 0.2) is 34.5 Å². The minimum absolute atomic E-state index is 0.0102. The largest absolute Gasteiger partial charge is 0.508 e. The van der Waals surface area contributed by atoms with Gasteiger partial charge in [0.05, 0.1) is 67.5 Å². The summed E-state index contributed by atoms with van der Waals surface area (Å²) in [5.41, 5.74) is 11.5. The zero-order chi connectivity index (χ0) is 98.4. The number of aryl methyl sites for hydroxylation is 11. The highest BCUT2D eigenvalue weighted by Gasteiger charge is 2.21. The lowest BCUT2D eigenvalue weighted by atomic mass is 10.0. The molecule has 0 bridgehead atoms. The second kappa shape index (κ2) is 50.9. The number of hydrogen-bond donors (Lipinski definition) is 21. The summed E-state index contributed by atoms with van der Waals surface area (Å²) in [5.74, 6) is -9.66. The fraction of sp³-hybridized carbons (Fsp3) is 0.168. The molecular weight excluding hydrogens is 1730 g/mol. The normalized spacial score (nSPS) is 10.2. The molecule has 0 radical (unpaired) electrons. The molecule has 21 N–H and O–H groups in total. The highest BCUT2D eigenvalue weighted by atomic mass is 16.4. The van der Waals surface area contributed by atoms with Crippen molar-refractivity contribution in [1.82, 2.24) is 0 Å². The van der Waals surface area contributed by atoms with Gasteiger partial charge < -0.3 is 108 Å². The Bertz CT molecular complexity index is 6120. The third-order valence-electron chi connectivity index (χ3n) is 19.8. The first-order valence-electron chi connectivity index (χ1n) is 41.2. The van der Waals surface area contributed by atoms with E-state index in [0.29, 0.717) is 78.7 Å². The quantitative estimate of drug-likeness (QED) is 0.0186. The van der Waals surface area contributed by atoms with Crippen molar-refractivity contribution in [2.45, 2.75) is 112 Å². The molecule has 0 heterocycles. The summed E-state index contributed by atoms with van der Waals surface area (Å²) in [4.78, 5) is 139. The molecule has 12 aromatic carbocycles. The number of carboxylic acids is 6. The van der Waals surface area contributed by atoms with E-state index in [2.05, 4.69) is 44.9 Å². The standard InChI is InChI=1S/C19H21NO3.C17H17NO5.C17H17NO4.C16H15NO6.C16H15NO5.C16H15NO4/c1-12-4-8-17(16(10-12)19(22)23)20-18(21)9-7-15-6-5-13(2)14(3)11-15;1-10-2-5-13(12(8-10)17(22)23)18-16(21)7-4-11-3-6-14(19)15(20)9-11;1-11-2-8-15(14(10-11)17(21)22)18-16(20)9-5-12-3-6-13(19)7-4-12;18-10-3-4-11(16(22)23)12(8-10)17-15(21)6-2-9-1-5-13(19)14(20)7-9;18-13-7-5-10(9-14(13)19)6-8-15(20)17-12-4-2-1-3-11(12)16(21)22;18-12-8-5-11(6-9-12)7-10-15(19)17-14-4-2-1-3-13(14)16(20)21/h4-6,8,10-11H,7,9H2,1-3H3,(H,20,21)(H,22,23);2-3,5-6,8-9,19-20H,4,7H2,1H3,(H,18,21)(H,22,23);2-4,6-8,10,19H,5,9H2,1H3,(H,18,20)(H,21,22);1,3-5,7-8,18-20H,2,6H2,(H,17,21)(H,22,23);1-5,7,9,18-19H,6,8H2,(H,17,20)(H,21,22);1-6,8-9,18H,7,10H2,(H,17,19)(H,20,21). The van der Waals surface area contributed by atoms with Gasteiger partial charge in [-0.1, -0.05) is 120 Å². The number of benzene rings is 12. The van der Waals surface area contributed by atoms with Gasteiger partial charge >= 0.3 is 35.8 Å². The predicted octanol–water partition coefficient (Wildman–Crippen LogP) is 16.6. The van der Waals surface area contributed by atoms with Crippen LogP contribution in [0.3, 0.4) is 0 Å². The van der Waals surface area contributed by atoms with Crippen LogP contribution < -0.4 is 31.9 Å². The summed E-state index contributed by atoms with van der Waals surface area (Å²) in [6.45, 7) is 9.48. The number of carbonyl (C=O) groups is 12. The molecule has 696 valence electrons. The molecule has 33 heteroatoms. The lowest BCUT2D eigenvalue weighted by molar-refractivity contribution is -0.117. The van der Waals surface area contributed by atoms with Crippen LogP contribution in [0.4, 0.5) is 34.1 Å². The number of hydrogen-bond acceptors (Lipinski definition) is 21. The molecule has 0 aliphatic heterocycles. The van der Waals surface area contributed by atoms with Crippen LogP contribution >= 0.6 is 0 Å². The molecule has 6 amide bonds. The van der Waals surface area contributed by atoms with Gasteiger partial charge in [-0.25, -0.2) is 28.8 Å². The Morgan fingerprint density at radius 2 is 0.440 bits per heavy atom. The summed E-state index contributed by atoms with van der Waals surface area (Å²) in [7, 11) is 0. The van der Waals surface area contributed by atoms with E-state index in [-0.39, 0.29) is 164 Å². The van der Waals surface area contributed by atoms with E-state index in [1.165, 1.54) is 90.0 Å². The van der Waals surface area contributed by atoms with Gasteiger partial charge in [0.25, 0.3) is 0 Å². The Hall–Kier alpha value is -17.5. The summed E-state index contributed by atoms with van der Waals surface area (Å²) in [6.07, 6.45) is 3.73. The van der Waals surface area contributed by atoms with Crippen molar-refractivity contribution in [3.63, 3.8) is 0 Å². The summed E-state index contributed by atoms with van der Waals surface area (Å²) in [6, 6.07) is 62.9. The molecule has 134 heavy (non-hydrogen) atoms. The zero-order valence-electron chi connectivity index (χ0n) is 73.2. The van der Waals surface area contributed by atoms with Crippen molar-refractivity contribution in [3.05, 3.63) is 337 Å². The number of phenolic OH excluding ortho intramolecular Hbond substituents is 9. The summed E-state index contributed by atoms with van der Waals surface area (Å²) in [5, 5.41) is 154. The number of anilines is 6. The van der Waals surface area contributed by atoms with Crippen LogP contribution in [0.1, 0.15) is 162 Å². The smallest absolute Gasteiger partial charge is 0.337 e. The first-order valence-corrected chi connectivity index (χ1v) is 41.2. The fourth-order valence-electron chi connectivity index (χ4n) is 12.5. The van der Waals surface area contributed by atoms with Crippen LogP contribution in [0, 0.1) is 34.6 Å². The number of nitrogens with one attached hydrogen (secondary N) is 6. The van der Waals surface area contributed by atoms with Gasteiger partial charge in [0, 0.05) is 44.6 Å². The molecule has 0 aliphatic rings. The summed E-state index contributed by atoms with van der Waals surface area (Å²) < 4.78 is 0. The molecule has 0 atom stereocenters. The average molecular weight is 1830 g/mol. The number of rotatable bonds is 30. The first kappa shape index (κ1) is 104. The number of aromatic hydroxyl groups is 9. The van der Waals surface area contributed by atoms with E-state index in [9.17, 15) is 109 Å². The van der Waals surface area contributed by atoms with Gasteiger partial charge in [-0.3, -0.25) is 28.8 Å². The Kier molecular flexibility index (Phi) is 39.3. The van der Waals surface area contributed by atoms with Crippen LogP contribution in [0.2, 0.25) is 0 Å². The molecule has 0 unspecified atom stereocenters. The molecule has 33 nitrogen and oxygen atoms in total. The molecule has 0 saturated carbocycles. The van der Waals surface area contributed by atoms with Gasteiger partial charge in [-0.15, -0.1) is 0 Å². The SMILES string of the molecule is Cc1ccc(NC(=O)CCc2ccc(C)c(C)c2)c(C(=O)O)c1.Cc1ccc(NC(=O)CCc2ccc(O)c(O)c2)c(C(=O)O)c1.Cc1ccc(NC(=O)CCc2ccc(O)cc2)c(C(=O)O)c1.O=C(CCc1ccc(O)c(O)c1)Nc1cc(O)ccc1C(=O)O.O=C(CCc1ccc(O)c(O)c1)Nc1ccccc1C(=O)O.O=C(CCc1ccc(O)cc1)Nc1ccccc1C(=O)O. The monoisotopic (exact) mass is 1830 g/mol. The van der Waals surface area contributed by atoms with Crippen LogP contribution in [0.15, 0.2) is 243 Å². The molecule has 0 fully saturated rings. The van der Waals surface area contributed by atoms with Crippen LogP contribution in [0.5, 0.6) is 51.7 Å². The molecule has 0 spiro atoms. The van der Waals surface area contributed by atoms with Crippen molar-refractivity contribution >= 4 is 105 Å². The van der Waals surface area contributed by atoms with Crippen molar-refractivity contribution in [3.8, 4) is 51.7 Å². The second-order valence-corrected chi connectivity index (χ2v) is 30.3. The summed E-state index contributed by atoms with van der Waals surface area (Å²) >= 11 is 0. The molecule has 0 saturated heterocycles. The van der Waals surface area contributed by atoms with Crippen LogP contribution in [-0.4, -0.2) is 148 Å². The lowest BCUT2D eigenvalue weighted by Gasteiger charge is -2.10. The van der Waals surface area contributed by atoms with E-state index >= 15 is 0 Å². The highest BCUT2D eigenvalue weighted by molar-refractivity contribution is 6.05. The third-order valence-corrected chi connectivity index (χ3v) is 19.8. The minimum Gasteiger partial charge on any atom is -0.508 e. The van der Waals surface area contributed by atoms with E-state index in [4.69, 9.17) is 25.5 Å². The number of carbonyl (C=O) groups excluding carboxylic acids is 6. The van der Waals surface area contributed by atoms with Crippen molar-refractivity contribution < 1.29 is 134 Å². The molecular formula is C101H100N6O27. The highest BCUT2D eigenvalue weighted by Crippen LogP contribution is 2.31. The lowest BCUT2D eigenvalue weighted by Crippen LogP contribution is -2.15.